The molecule has 1 atom stereocenters. The van der Waals surface area contributed by atoms with E-state index >= 15 is 0 Å². The molecular weight excluding hydrogens is 356 g/mol. The summed E-state index contributed by atoms with van der Waals surface area (Å²) in [6.07, 6.45) is 3.69. The van der Waals surface area contributed by atoms with Crippen molar-refractivity contribution in [2.75, 3.05) is 13.1 Å². The number of furan rings is 1. The van der Waals surface area contributed by atoms with Crippen LogP contribution in [0.2, 0.25) is 5.02 Å². The number of carbonyl (C=O) groups is 2. The number of rotatable bonds is 5. The summed E-state index contributed by atoms with van der Waals surface area (Å²) < 4.78 is 10.6. The van der Waals surface area contributed by atoms with Crippen LogP contribution in [0.15, 0.2) is 47.3 Å². The van der Waals surface area contributed by atoms with E-state index in [1.54, 1.807) is 42.2 Å². The van der Waals surface area contributed by atoms with Crippen LogP contribution in [0, 0.1) is 0 Å². The quantitative estimate of drug-likeness (QED) is 0.870. The largest absolute Gasteiger partial charge is 0.479 e. The van der Waals surface area contributed by atoms with Gasteiger partial charge in [-0.25, -0.2) is 0 Å². The highest BCUT2D eigenvalue weighted by Crippen LogP contribution is 2.24. The van der Waals surface area contributed by atoms with E-state index in [0.29, 0.717) is 42.3 Å². The van der Waals surface area contributed by atoms with Gasteiger partial charge in [0.2, 0.25) is 0 Å². The third-order valence-corrected chi connectivity index (χ3v) is 4.72. The van der Waals surface area contributed by atoms with Crippen molar-refractivity contribution in [2.24, 2.45) is 0 Å². The van der Waals surface area contributed by atoms with Gasteiger partial charge in [0, 0.05) is 19.1 Å². The minimum Gasteiger partial charge on any atom is -0.479 e. The minimum absolute atomic E-state index is 0.0215. The highest BCUT2D eigenvalue weighted by Gasteiger charge is 2.26. The standard InChI is InChI=1S/C19H21ClN2O4/c1-13(26-17-5-3-2-4-16(17)20)18(23)21-15-6-9-22(10-7-15)19(24)14-8-11-25-12-14/h2-5,8,11-13,15H,6-7,9-10H2,1H3,(H,21,23). The first-order valence-electron chi connectivity index (χ1n) is 8.57. The zero-order valence-electron chi connectivity index (χ0n) is 14.5. The average molecular weight is 377 g/mol. The van der Waals surface area contributed by atoms with Gasteiger partial charge >= 0.3 is 0 Å². The molecule has 0 bridgehead atoms. The van der Waals surface area contributed by atoms with Gasteiger partial charge in [-0.2, -0.15) is 0 Å². The van der Waals surface area contributed by atoms with Gasteiger partial charge in [0.1, 0.15) is 12.0 Å². The summed E-state index contributed by atoms with van der Waals surface area (Å²) in [5.74, 6) is 0.251. The van der Waals surface area contributed by atoms with E-state index in [1.807, 2.05) is 0 Å². The molecule has 1 fully saturated rings. The van der Waals surface area contributed by atoms with Crippen LogP contribution >= 0.6 is 11.6 Å². The number of halogens is 1. The third kappa shape index (κ3) is 4.38. The highest BCUT2D eigenvalue weighted by molar-refractivity contribution is 6.32. The SMILES string of the molecule is CC(Oc1ccccc1Cl)C(=O)NC1CCN(C(=O)c2ccoc2)CC1. The number of carbonyl (C=O) groups excluding carboxylic acids is 2. The first-order valence-corrected chi connectivity index (χ1v) is 8.95. The summed E-state index contributed by atoms with van der Waals surface area (Å²) in [5, 5.41) is 3.46. The molecular formula is C19H21ClN2O4. The normalized spacial score (nSPS) is 16.2. The Morgan fingerprint density at radius 1 is 1.27 bits per heavy atom. The third-order valence-electron chi connectivity index (χ3n) is 4.41. The van der Waals surface area contributed by atoms with Crippen molar-refractivity contribution in [3.8, 4) is 5.75 Å². The zero-order chi connectivity index (χ0) is 18.5. The van der Waals surface area contributed by atoms with E-state index < -0.39 is 6.10 Å². The van der Waals surface area contributed by atoms with Gasteiger partial charge in [-0.15, -0.1) is 0 Å². The number of hydrogen-bond donors (Lipinski definition) is 1. The molecule has 3 rings (SSSR count). The summed E-state index contributed by atoms with van der Waals surface area (Å²) in [5.41, 5.74) is 0.550. The molecule has 1 aromatic carbocycles. The van der Waals surface area contributed by atoms with Crippen LogP contribution in [0.3, 0.4) is 0 Å². The Morgan fingerprint density at radius 3 is 2.65 bits per heavy atom. The van der Waals surface area contributed by atoms with Crippen molar-refractivity contribution in [1.29, 1.82) is 0 Å². The molecule has 26 heavy (non-hydrogen) atoms. The minimum atomic E-state index is -0.652. The van der Waals surface area contributed by atoms with Crippen molar-refractivity contribution in [3.63, 3.8) is 0 Å². The number of para-hydroxylation sites is 1. The zero-order valence-corrected chi connectivity index (χ0v) is 15.2. The first-order chi connectivity index (χ1) is 12.5. The summed E-state index contributed by atoms with van der Waals surface area (Å²) >= 11 is 6.05. The molecule has 1 aliphatic heterocycles. The molecule has 1 aliphatic rings. The lowest BCUT2D eigenvalue weighted by Crippen LogP contribution is -2.49. The maximum absolute atomic E-state index is 12.4. The van der Waals surface area contributed by atoms with Crippen LogP contribution in [0.25, 0.3) is 0 Å². The van der Waals surface area contributed by atoms with Crippen molar-refractivity contribution in [3.05, 3.63) is 53.4 Å². The van der Waals surface area contributed by atoms with Crippen LogP contribution < -0.4 is 10.1 Å². The molecule has 6 nitrogen and oxygen atoms in total. The molecule has 1 saturated heterocycles. The molecule has 0 saturated carbocycles. The second-order valence-electron chi connectivity index (χ2n) is 6.28. The molecule has 1 aromatic heterocycles. The molecule has 1 N–H and O–H groups in total. The molecule has 7 heteroatoms. The molecule has 0 spiro atoms. The molecule has 2 aromatic rings. The second kappa shape index (κ2) is 8.27. The molecule has 1 unspecified atom stereocenters. The summed E-state index contributed by atoms with van der Waals surface area (Å²) in [6, 6.07) is 8.73. The number of hydrogen-bond acceptors (Lipinski definition) is 4. The number of ether oxygens (including phenoxy) is 1. The van der Waals surface area contributed by atoms with Gasteiger partial charge in [0.05, 0.1) is 16.8 Å². The van der Waals surface area contributed by atoms with Crippen LogP contribution in [0.1, 0.15) is 30.1 Å². The van der Waals surface area contributed by atoms with Crippen molar-refractivity contribution in [2.45, 2.75) is 31.9 Å². The van der Waals surface area contributed by atoms with Crippen LogP contribution in [-0.4, -0.2) is 41.9 Å². The molecule has 2 amide bonds. The number of benzene rings is 1. The molecule has 0 radical (unpaired) electrons. The van der Waals surface area contributed by atoms with Gasteiger partial charge in [-0.1, -0.05) is 23.7 Å². The predicted molar refractivity (Wildman–Crippen MR) is 97.3 cm³/mol. The van der Waals surface area contributed by atoms with E-state index in [4.69, 9.17) is 20.8 Å². The van der Waals surface area contributed by atoms with E-state index in [-0.39, 0.29) is 17.9 Å². The fourth-order valence-electron chi connectivity index (χ4n) is 2.90. The number of nitrogens with one attached hydrogen (secondary N) is 1. The smallest absolute Gasteiger partial charge is 0.260 e. The van der Waals surface area contributed by atoms with Gasteiger partial charge in [-0.05, 0) is 38.0 Å². The average Bonchev–Trinajstić information content (AvgIpc) is 3.18. The monoisotopic (exact) mass is 376 g/mol. The summed E-state index contributed by atoms with van der Waals surface area (Å²) in [4.78, 5) is 26.4. The highest BCUT2D eigenvalue weighted by atomic mass is 35.5. The van der Waals surface area contributed by atoms with Gasteiger partial charge in [0.15, 0.2) is 6.10 Å². The fourth-order valence-corrected chi connectivity index (χ4v) is 3.08. The second-order valence-corrected chi connectivity index (χ2v) is 6.68. The molecule has 2 heterocycles. The Kier molecular flexibility index (Phi) is 5.83. The van der Waals surface area contributed by atoms with Crippen LogP contribution in [0.4, 0.5) is 0 Å². The Hall–Kier alpha value is -2.47. The number of piperidine rings is 1. The lowest BCUT2D eigenvalue weighted by atomic mass is 10.0. The Balaban J connectivity index is 1.47. The Labute approximate surface area is 157 Å². The van der Waals surface area contributed by atoms with Crippen molar-refractivity contribution >= 4 is 23.4 Å². The van der Waals surface area contributed by atoms with Crippen LogP contribution in [0.5, 0.6) is 5.75 Å². The summed E-state index contributed by atoms with van der Waals surface area (Å²) in [7, 11) is 0. The predicted octanol–water partition coefficient (Wildman–Crippen LogP) is 3.12. The molecule has 138 valence electrons. The number of likely N-dealkylation sites (tertiary alicyclic amines) is 1. The number of amides is 2. The number of nitrogens with zero attached hydrogens (tertiary/aromatic N) is 1. The van der Waals surface area contributed by atoms with Gasteiger partial charge in [0.25, 0.3) is 11.8 Å². The van der Waals surface area contributed by atoms with Crippen molar-refractivity contribution in [1.82, 2.24) is 10.2 Å². The first kappa shape index (κ1) is 18.3. The van der Waals surface area contributed by atoms with E-state index in [9.17, 15) is 9.59 Å². The lowest BCUT2D eigenvalue weighted by molar-refractivity contribution is -0.128. The van der Waals surface area contributed by atoms with Gasteiger partial charge in [-0.3, -0.25) is 9.59 Å². The van der Waals surface area contributed by atoms with E-state index in [0.717, 1.165) is 0 Å². The topological polar surface area (TPSA) is 71.8 Å². The molecule has 0 aliphatic carbocycles. The van der Waals surface area contributed by atoms with Crippen LogP contribution in [-0.2, 0) is 4.79 Å². The fraction of sp³-hybridized carbons (Fsp3) is 0.368. The van der Waals surface area contributed by atoms with E-state index in [2.05, 4.69) is 5.32 Å². The van der Waals surface area contributed by atoms with Crippen molar-refractivity contribution < 1.29 is 18.7 Å². The van der Waals surface area contributed by atoms with E-state index in [1.165, 1.54) is 12.5 Å². The Bertz CT molecular complexity index is 755. The maximum atomic E-state index is 12.4. The summed E-state index contributed by atoms with van der Waals surface area (Å²) in [6.45, 7) is 2.87. The van der Waals surface area contributed by atoms with Gasteiger partial charge < -0.3 is 19.4 Å². The maximum Gasteiger partial charge on any atom is 0.260 e. The Morgan fingerprint density at radius 2 is 2.00 bits per heavy atom. The lowest BCUT2D eigenvalue weighted by Gasteiger charge is -2.32.